The highest BCUT2D eigenvalue weighted by Gasteiger charge is 2.50. The smallest absolute Gasteiger partial charge is 0.357 e. The third-order valence-corrected chi connectivity index (χ3v) is 6.09. The molecule has 10 heteroatoms. The van der Waals surface area contributed by atoms with Crippen molar-refractivity contribution in [1.82, 2.24) is 4.98 Å². The van der Waals surface area contributed by atoms with Gasteiger partial charge in [0.15, 0.2) is 18.0 Å². The predicted molar refractivity (Wildman–Crippen MR) is 123 cm³/mol. The van der Waals surface area contributed by atoms with Crippen LogP contribution in [0.25, 0.3) is 0 Å². The van der Waals surface area contributed by atoms with Crippen LogP contribution in [-0.4, -0.2) is 54.5 Å². The number of carbonyl (C=O) groups excluding carboxylic acids is 3. The number of aromatic nitrogens is 1. The molecule has 182 valence electrons. The van der Waals surface area contributed by atoms with Crippen LogP contribution < -0.4 is 0 Å². The maximum absolute atomic E-state index is 15.5. The van der Waals surface area contributed by atoms with Crippen molar-refractivity contribution in [3.8, 4) is 0 Å². The van der Waals surface area contributed by atoms with Gasteiger partial charge in [0.25, 0.3) is 0 Å². The molecule has 0 N–H and O–H groups in total. The first-order valence-electron chi connectivity index (χ1n) is 10.9. The summed E-state index contributed by atoms with van der Waals surface area (Å²) >= 11 is 1.05. The standard InChI is InChI=1S/C25H22FNO7S/c1-2-31-25(30)17-14-35-22(27-17)21-20(34-24(29)16-11-7-4-8-12-16)19(26)18(33-21)13-32-23(28)15-9-5-3-6-10-15/h3-12,14,18-21H,2,13H2,1H3/t18-,19+,20-,21-/m1/s1. The summed E-state index contributed by atoms with van der Waals surface area (Å²) in [5, 5.41) is 1.70. The lowest BCUT2D eigenvalue weighted by atomic mass is 10.1. The summed E-state index contributed by atoms with van der Waals surface area (Å²) in [5.74, 6) is -2.01. The Kier molecular flexibility index (Phi) is 7.84. The van der Waals surface area contributed by atoms with E-state index in [1.165, 1.54) is 5.38 Å². The van der Waals surface area contributed by atoms with Gasteiger partial charge in [0, 0.05) is 5.38 Å². The molecule has 1 aliphatic heterocycles. The summed E-state index contributed by atoms with van der Waals surface area (Å²) in [6.07, 6.45) is -5.50. The number of esters is 3. The zero-order valence-electron chi connectivity index (χ0n) is 18.7. The fraction of sp³-hybridized carbons (Fsp3) is 0.280. The average Bonchev–Trinajstić information content (AvgIpc) is 3.49. The summed E-state index contributed by atoms with van der Waals surface area (Å²) in [6.45, 7) is 1.44. The van der Waals surface area contributed by atoms with E-state index in [9.17, 15) is 14.4 Å². The van der Waals surface area contributed by atoms with Crippen molar-refractivity contribution in [3.05, 3.63) is 87.9 Å². The van der Waals surface area contributed by atoms with Gasteiger partial charge in [-0.15, -0.1) is 11.3 Å². The molecule has 0 radical (unpaired) electrons. The summed E-state index contributed by atoms with van der Waals surface area (Å²) in [6, 6.07) is 16.4. The monoisotopic (exact) mass is 499 g/mol. The number of ether oxygens (including phenoxy) is 4. The van der Waals surface area contributed by atoms with E-state index < -0.39 is 49.0 Å². The number of halogens is 1. The first kappa shape index (κ1) is 24.5. The topological polar surface area (TPSA) is 101 Å². The van der Waals surface area contributed by atoms with Crippen molar-refractivity contribution in [1.29, 1.82) is 0 Å². The van der Waals surface area contributed by atoms with E-state index in [1.807, 2.05) is 0 Å². The van der Waals surface area contributed by atoms with Crippen LogP contribution in [0.15, 0.2) is 66.0 Å². The Balaban J connectivity index is 1.52. The van der Waals surface area contributed by atoms with Gasteiger partial charge in [-0.25, -0.2) is 23.8 Å². The molecule has 0 saturated carbocycles. The minimum absolute atomic E-state index is 0.0398. The summed E-state index contributed by atoms with van der Waals surface area (Å²) in [4.78, 5) is 41.2. The van der Waals surface area contributed by atoms with E-state index in [0.717, 1.165) is 11.3 Å². The highest BCUT2D eigenvalue weighted by atomic mass is 32.1. The van der Waals surface area contributed by atoms with Gasteiger partial charge in [-0.05, 0) is 31.2 Å². The molecule has 1 saturated heterocycles. The molecule has 0 bridgehead atoms. The third kappa shape index (κ3) is 5.72. The molecule has 2 heterocycles. The van der Waals surface area contributed by atoms with Gasteiger partial charge < -0.3 is 18.9 Å². The maximum Gasteiger partial charge on any atom is 0.357 e. The molecule has 0 aliphatic carbocycles. The summed E-state index contributed by atoms with van der Waals surface area (Å²) in [7, 11) is 0. The van der Waals surface area contributed by atoms with Crippen molar-refractivity contribution in [2.75, 3.05) is 13.2 Å². The molecule has 0 spiro atoms. The van der Waals surface area contributed by atoms with Crippen LogP contribution in [0, 0.1) is 0 Å². The van der Waals surface area contributed by atoms with Crippen LogP contribution in [0.4, 0.5) is 4.39 Å². The van der Waals surface area contributed by atoms with E-state index in [-0.39, 0.29) is 22.9 Å². The van der Waals surface area contributed by atoms with Crippen LogP contribution in [0.5, 0.6) is 0 Å². The maximum atomic E-state index is 15.5. The Hall–Kier alpha value is -3.63. The third-order valence-electron chi connectivity index (χ3n) is 5.18. The molecular weight excluding hydrogens is 477 g/mol. The second-order valence-electron chi connectivity index (χ2n) is 7.53. The highest BCUT2D eigenvalue weighted by molar-refractivity contribution is 7.09. The molecule has 1 aromatic heterocycles. The van der Waals surface area contributed by atoms with E-state index in [0.29, 0.717) is 5.56 Å². The van der Waals surface area contributed by atoms with Crippen LogP contribution >= 0.6 is 11.3 Å². The van der Waals surface area contributed by atoms with Crippen LogP contribution in [0.2, 0.25) is 0 Å². The number of hydrogen-bond acceptors (Lipinski definition) is 9. The fourth-order valence-corrected chi connectivity index (χ4v) is 4.33. The zero-order valence-corrected chi connectivity index (χ0v) is 19.5. The molecule has 3 aromatic rings. The lowest BCUT2D eigenvalue weighted by Crippen LogP contribution is -2.34. The molecule has 8 nitrogen and oxygen atoms in total. The Morgan fingerprint density at radius 3 is 2.20 bits per heavy atom. The molecule has 0 unspecified atom stereocenters. The Morgan fingerprint density at radius 1 is 0.943 bits per heavy atom. The Labute approximate surface area is 204 Å². The summed E-state index contributed by atoms with van der Waals surface area (Å²) < 4.78 is 37.0. The molecule has 0 amide bonds. The van der Waals surface area contributed by atoms with Gasteiger partial charge in [0.2, 0.25) is 0 Å². The minimum Gasteiger partial charge on any atom is -0.461 e. The van der Waals surface area contributed by atoms with Crippen molar-refractivity contribution >= 4 is 29.2 Å². The molecule has 35 heavy (non-hydrogen) atoms. The van der Waals surface area contributed by atoms with E-state index in [4.69, 9.17) is 18.9 Å². The van der Waals surface area contributed by atoms with E-state index >= 15 is 4.39 Å². The number of rotatable bonds is 8. The van der Waals surface area contributed by atoms with Gasteiger partial charge in [0.05, 0.1) is 17.7 Å². The molecule has 4 rings (SSSR count). The second-order valence-corrected chi connectivity index (χ2v) is 8.42. The fourth-order valence-electron chi connectivity index (χ4n) is 3.47. The number of hydrogen-bond donors (Lipinski definition) is 0. The van der Waals surface area contributed by atoms with Gasteiger partial charge >= 0.3 is 17.9 Å². The Morgan fingerprint density at radius 2 is 1.57 bits per heavy atom. The number of nitrogens with zero attached hydrogens (tertiary/aromatic N) is 1. The normalized spacial score (nSPS) is 21.3. The van der Waals surface area contributed by atoms with E-state index in [2.05, 4.69) is 4.98 Å². The lowest BCUT2D eigenvalue weighted by Gasteiger charge is -2.18. The number of thiazole rings is 1. The molecule has 4 atom stereocenters. The Bertz CT molecular complexity index is 1170. The van der Waals surface area contributed by atoms with Gasteiger partial charge in [-0.1, -0.05) is 36.4 Å². The molecule has 2 aromatic carbocycles. The number of alkyl halides is 1. The number of carbonyl (C=O) groups is 3. The quantitative estimate of drug-likeness (QED) is 0.336. The largest absolute Gasteiger partial charge is 0.461 e. The van der Waals surface area contributed by atoms with Crippen LogP contribution in [-0.2, 0) is 18.9 Å². The average molecular weight is 500 g/mol. The zero-order chi connectivity index (χ0) is 24.8. The minimum atomic E-state index is -1.81. The molecule has 1 fully saturated rings. The number of benzene rings is 2. The van der Waals surface area contributed by atoms with Crippen LogP contribution in [0.3, 0.4) is 0 Å². The van der Waals surface area contributed by atoms with Crippen molar-refractivity contribution in [2.45, 2.75) is 31.4 Å². The molecule has 1 aliphatic rings. The second kappa shape index (κ2) is 11.2. The highest BCUT2D eigenvalue weighted by Crippen LogP contribution is 2.39. The van der Waals surface area contributed by atoms with Gasteiger partial charge in [-0.3, -0.25) is 0 Å². The van der Waals surface area contributed by atoms with Crippen molar-refractivity contribution in [2.24, 2.45) is 0 Å². The SMILES string of the molecule is CCOC(=O)c1csc([C@@H]2O[C@H](COC(=O)c3ccccc3)[C@H](F)[C@H]2OC(=O)c2ccccc2)n1. The van der Waals surface area contributed by atoms with Crippen LogP contribution in [0.1, 0.15) is 49.2 Å². The van der Waals surface area contributed by atoms with Crippen molar-refractivity contribution < 1.29 is 37.7 Å². The first-order chi connectivity index (χ1) is 17.0. The predicted octanol–water partition coefficient (Wildman–Crippen LogP) is 4.18. The molecular formula is C25H22FNO7S. The van der Waals surface area contributed by atoms with E-state index in [1.54, 1.807) is 67.6 Å². The van der Waals surface area contributed by atoms with Gasteiger partial charge in [0.1, 0.15) is 23.8 Å². The summed E-state index contributed by atoms with van der Waals surface area (Å²) in [5.41, 5.74) is 0.588. The van der Waals surface area contributed by atoms with Gasteiger partial charge in [-0.2, -0.15) is 0 Å². The lowest BCUT2D eigenvalue weighted by molar-refractivity contribution is -0.0299. The van der Waals surface area contributed by atoms with Crippen molar-refractivity contribution in [3.63, 3.8) is 0 Å². The first-order valence-corrected chi connectivity index (χ1v) is 11.8.